The van der Waals surface area contributed by atoms with Crippen LogP contribution in [-0.4, -0.2) is 73.5 Å². The maximum Gasteiger partial charge on any atom is 0.0661 e. The zero-order chi connectivity index (χ0) is 15.8. The minimum atomic E-state index is 0.371. The van der Waals surface area contributed by atoms with Gasteiger partial charge < -0.3 is 14.8 Å². The molecule has 3 atom stereocenters. The first kappa shape index (κ1) is 16.6. The molecule has 0 aromatic carbocycles. The molecule has 132 valence electrons. The Hall–Kier alpha value is 0.190. The molecule has 1 N–H and O–H groups in total. The molecule has 2 aliphatic heterocycles. The second-order valence-corrected chi connectivity index (χ2v) is 8.93. The molecule has 0 bridgehead atoms. The molecule has 4 rings (SSSR count). The van der Waals surface area contributed by atoms with E-state index in [0.29, 0.717) is 23.1 Å². The van der Waals surface area contributed by atoms with Crippen molar-refractivity contribution in [1.29, 1.82) is 0 Å². The number of thioether (sulfide) groups is 1. The third-order valence-electron chi connectivity index (χ3n) is 6.88. The van der Waals surface area contributed by atoms with E-state index in [1.807, 2.05) is 0 Å². The first-order valence-corrected chi connectivity index (χ1v) is 10.7. The van der Waals surface area contributed by atoms with Crippen LogP contribution in [0.2, 0.25) is 0 Å². The van der Waals surface area contributed by atoms with Gasteiger partial charge in [0.1, 0.15) is 0 Å². The molecule has 0 aromatic heterocycles. The molecule has 4 fully saturated rings. The van der Waals surface area contributed by atoms with Crippen molar-refractivity contribution >= 4 is 11.8 Å². The van der Waals surface area contributed by atoms with Gasteiger partial charge in [-0.2, -0.15) is 11.8 Å². The maximum absolute atomic E-state index is 6.01. The van der Waals surface area contributed by atoms with Gasteiger partial charge in [0.2, 0.25) is 0 Å². The third kappa shape index (κ3) is 2.86. The number of morpholine rings is 1. The smallest absolute Gasteiger partial charge is 0.0661 e. The lowest BCUT2D eigenvalue weighted by molar-refractivity contribution is -0.174. The molecule has 2 saturated carbocycles. The van der Waals surface area contributed by atoms with E-state index in [1.54, 1.807) is 0 Å². The number of rotatable bonds is 6. The number of nitrogens with zero attached hydrogens (tertiary/aromatic N) is 1. The number of hydrogen-bond acceptors (Lipinski definition) is 5. The van der Waals surface area contributed by atoms with E-state index < -0.39 is 0 Å². The Kier molecular flexibility index (Phi) is 4.94. The zero-order valence-electron chi connectivity index (χ0n) is 14.5. The van der Waals surface area contributed by atoms with Crippen LogP contribution in [0.3, 0.4) is 0 Å². The van der Waals surface area contributed by atoms with E-state index in [-0.39, 0.29) is 0 Å². The van der Waals surface area contributed by atoms with Gasteiger partial charge in [-0.25, -0.2) is 0 Å². The molecule has 2 saturated heterocycles. The van der Waals surface area contributed by atoms with E-state index in [9.17, 15) is 0 Å². The summed E-state index contributed by atoms with van der Waals surface area (Å²) < 4.78 is 11.6. The monoisotopic (exact) mass is 340 g/mol. The van der Waals surface area contributed by atoms with Crippen LogP contribution in [0.1, 0.15) is 39.0 Å². The Morgan fingerprint density at radius 1 is 1.26 bits per heavy atom. The predicted octanol–water partition coefficient (Wildman–Crippen LogP) is 2.13. The average Bonchev–Trinajstić information content (AvgIpc) is 2.99. The summed E-state index contributed by atoms with van der Waals surface area (Å²) in [7, 11) is 0. The van der Waals surface area contributed by atoms with E-state index in [1.165, 1.54) is 43.6 Å². The molecule has 0 radical (unpaired) electrons. The van der Waals surface area contributed by atoms with Gasteiger partial charge in [-0.15, -0.1) is 0 Å². The first-order valence-electron chi connectivity index (χ1n) is 9.55. The van der Waals surface area contributed by atoms with Crippen LogP contribution < -0.4 is 5.32 Å². The Bertz CT molecular complexity index is 404. The van der Waals surface area contributed by atoms with E-state index >= 15 is 0 Å². The van der Waals surface area contributed by atoms with Crippen LogP contribution in [0.5, 0.6) is 0 Å². The normalized spacial score (nSPS) is 40.0. The summed E-state index contributed by atoms with van der Waals surface area (Å²) in [4.78, 5) is 2.72. The molecule has 4 nitrogen and oxygen atoms in total. The molecular formula is C18H32N2O2S. The van der Waals surface area contributed by atoms with Gasteiger partial charge >= 0.3 is 0 Å². The van der Waals surface area contributed by atoms with Gasteiger partial charge in [0.05, 0.1) is 19.3 Å². The van der Waals surface area contributed by atoms with Crippen LogP contribution in [0, 0.1) is 5.41 Å². The number of hydrogen-bond donors (Lipinski definition) is 1. The highest BCUT2D eigenvalue weighted by Gasteiger charge is 2.59. The van der Waals surface area contributed by atoms with Gasteiger partial charge in [0.15, 0.2) is 0 Å². The van der Waals surface area contributed by atoms with Gasteiger partial charge in [-0.3, -0.25) is 4.90 Å². The fourth-order valence-electron chi connectivity index (χ4n) is 5.17. The topological polar surface area (TPSA) is 33.7 Å². The highest BCUT2D eigenvalue weighted by molar-refractivity contribution is 7.99. The molecule has 2 aliphatic carbocycles. The van der Waals surface area contributed by atoms with Crippen molar-refractivity contribution in [2.24, 2.45) is 5.41 Å². The largest absolute Gasteiger partial charge is 0.379 e. The molecule has 5 heteroatoms. The Morgan fingerprint density at radius 2 is 2.09 bits per heavy atom. The minimum absolute atomic E-state index is 0.371. The molecule has 3 unspecified atom stereocenters. The van der Waals surface area contributed by atoms with Gasteiger partial charge in [-0.05, 0) is 38.4 Å². The summed E-state index contributed by atoms with van der Waals surface area (Å²) in [5, 5.41) is 4.00. The van der Waals surface area contributed by atoms with E-state index in [0.717, 1.165) is 39.5 Å². The van der Waals surface area contributed by atoms with Gasteiger partial charge in [0.25, 0.3) is 0 Å². The minimum Gasteiger partial charge on any atom is -0.379 e. The van der Waals surface area contributed by atoms with Crippen LogP contribution in [0.15, 0.2) is 0 Å². The van der Waals surface area contributed by atoms with Gasteiger partial charge in [0, 0.05) is 49.0 Å². The van der Waals surface area contributed by atoms with Crippen molar-refractivity contribution in [1.82, 2.24) is 10.2 Å². The lowest BCUT2D eigenvalue weighted by Crippen LogP contribution is -2.69. The van der Waals surface area contributed by atoms with Crippen LogP contribution >= 0.6 is 11.8 Å². The predicted molar refractivity (Wildman–Crippen MR) is 95.2 cm³/mol. The van der Waals surface area contributed by atoms with Crippen molar-refractivity contribution in [2.75, 3.05) is 51.0 Å². The lowest BCUT2D eigenvalue weighted by Gasteiger charge is -2.62. The molecule has 0 amide bonds. The maximum atomic E-state index is 6.01. The fourth-order valence-corrected chi connectivity index (χ4v) is 6.65. The highest BCUT2D eigenvalue weighted by Crippen LogP contribution is 2.57. The molecule has 0 aromatic rings. The highest BCUT2D eigenvalue weighted by atomic mass is 32.2. The third-order valence-corrected chi connectivity index (χ3v) is 8.11. The molecule has 1 spiro atoms. The van der Waals surface area contributed by atoms with Crippen LogP contribution in [0.25, 0.3) is 0 Å². The van der Waals surface area contributed by atoms with Crippen molar-refractivity contribution in [3.05, 3.63) is 0 Å². The summed E-state index contributed by atoms with van der Waals surface area (Å²) in [6, 6.07) is 0.691. The van der Waals surface area contributed by atoms with Crippen molar-refractivity contribution in [3.8, 4) is 0 Å². The Balaban J connectivity index is 1.37. The molecule has 4 aliphatic rings. The average molecular weight is 341 g/mol. The summed E-state index contributed by atoms with van der Waals surface area (Å²) in [5.74, 6) is 2.60. The van der Waals surface area contributed by atoms with Crippen molar-refractivity contribution in [2.45, 2.75) is 56.7 Å². The van der Waals surface area contributed by atoms with Crippen LogP contribution in [-0.2, 0) is 9.47 Å². The number of ether oxygens (including phenoxy) is 2. The lowest BCUT2D eigenvalue weighted by atomic mass is 9.51. The first-order chi connectivity index (χ1) is 11.3. The van der Waals surface area contributed by atoms with Crippen LogP contribution in [0.4, 0.5) is 0 Å². The molecule has 2 heterocycles. The summed E-state index contributed by atoms with van der Waals surface area (Å²) in [5.41, 5.74) is 0.851. The Labute approximate surface area is 145 Å². The summed E-state index contributed by atoms with van der Waals surface area (Å²) in [6.45, 7) is 8.20. The summed E-state index contributed by atoms with van der Waals surface area (Å²) in [6.07, 6.45) is 7.21. The van der Waals surface area contributed by atoms with E-state index in [2.05, 4.69) is 28.9 Å². The number of nitrogens with one attached hydrogen (secondary N) is 1. The standard InChI is InChI=1S/C18H32N2O2S/c1-2-22-16-12-15(18(16)4-3-5-18)19-13-17(6-11-23-14-17)20-7-9-21-10-8-20/h15-16,19H,2-14H2,1H3. The van der Waals surface area contributed by atoms with Gasteiger partial charge in [-0.1, -0.05) is 6.42 Å². The second-order valence-electron chi connectivity index (χ2n) is 7.83. The fraction of sp³-hybridized carbons (Fsp3) is 1.00. The summed E-state index contributed by atoms with van der Waals surface area (Å²) >= 11 is 2.13. The Morgan fingerprint density at radius 3 is 2.70 bits per heavy atom. The second kappa shape index (κ2) is 6.83. The quantitative estimate of drug-likeness (QED) is 0.801. The van der Waals surface area contributed by atoms with E-state index in [4.69, 9.17) is 9.47 Å². The zero-order valence-corrected chi connectivity index (χ0v) is 15.3. The molecular weight excluding hydrogens is 308 g/mol. The van der Waals surface area contributed by atoms with Crippen molar-refractivity contribution in [3.63, 3.8) is 0 Å². The SMILES string of the molecule is CCOC1CC(NCC2(N3CCOCC3)CCSC2)C12CCC2. The van der Waals surface area contributed by atoms with Crippen molar-refractivity contribution < 1.29 is 9.47 Å². The molecule has 23 heavy (non-hydrogen) atoms.